The highest BCUT2D eigenvalue weighted by molar-refractivity contribution is 9.10. The minimum absolute atomic E-state index is 0.242. The molecule has 0 nitrogen and oxygen atoms in total. The van der Waals surface area contributed by atoms with Crippen LogP contribution in [0.25, 0.3) is 5.57 Å². The van der Waals surface area contributed by atoms with E-state index in [1.165, 1.54) is 33.4 Å². The molecule has 128 valence electrons. The van der Waals surface area contributed by atoms with Gasteiger partial charge in [-0.05, 0) is 59.9 Å². The van der Waals surface area contributed by atoms with Gasteiger partial charge < -0.3 is 0 Å². The van der Waals surface area contributed by atoms with Crippen LogP contribution >= 0.6 is 15.9 Å². The first-order chi connectivity index (χ1) is 12.6. The van der Waals surface area contributed by atoms with E-state index in [2.05, 4.69) is 121 Å². The average Bonchev–Trinajstić information content (AvgIpc) is 2.83. The van der Waals surface area contributed by atoms with Gasteiger partial charge in [0.05, 0.1) is 5.41 Å². The molecule has 0 amide bonds. The van der Waals surface area contributed by atoms with Crippen molar-refractivity contribution in [2.45, 2.75) is 19.3 Å². The predicted molar refractivity (Wildman–Crippen MR) is 115 cm³/mol. The summed E-state index contributed by atoms with van der Waals surface area (Å²) in [5, 5.41) is 0. The second-order valence-electron chi connectivity index (χ2n) is 6.98. The quantitative estimate of drug-likeness (QED) is 0.500. The van der Waals surface area contributed by atoms with E-state index in [0.29, 0.717) is 0 Å². The molecule has 1 heteroatoms. The Balaban J connectivity index is 2.02. The predicted octanol–water partition coefficient (Wildman–Crippen LogP) is 7.17. The van der Waals surface area contributed by atoms with Gasteiger partial charge in [0.15, 0.2) is 0 Å². The van der Waals surface area contributed by atoms with Crippen LogP contribution in [-0.4, -0.2) is 0 Å². The number of benzene rings is 2. The van der Waals surface area contributed by atoms with Gasteiger partial charge in [0.1, 0.15) is 0 Å². The molecular weight excluding hydrogens is 380 g/mol. The Bertz CT molecular complexity index is 978. The molecule has 0 aliphatic heterocycles. The van der Waals surface area contributed by atoms with Crippen LogP contribution in [0.1, 0.15) is 25.0 Å². The van der Waals surface area contributed by atoms with Crippen molar-refractivity contribution in [1.82, 2.24) is 0 Å². The van der Waals surface area contributed by atoms with E-state index in [0.717, 1.165) is 4.47 Å². The van der Waals surface area contributed by atoms with Gasteiger partial charge >= 0.3 is 0 Å². The van der Waals surface area contributed by atoms with E-state index >= 15 is 0 Å². The van der Waals surface area contributed by atoms with Crippen molar-refractivity contribution in [3.05, 3.63) is 123 Å². The summed E-state index contributed by atoms with van der Waals surface area (Å²) in [7, 11) is 0. The Kier molecular flexibility index (Phi) is 4.42. The molecule has 2 aliphatic rings. The van der Waals surface area contributed by atoms with E-state index in [4.69, 9.17) is 0 Å². The highest BCUT2D eigenvalue weighted by Crippen LogP contribution is 2.54. The van der Waals surface area contributed by atoms with Crippen LogP contribution in [0.2, 0.25) is 0 Å². The maximum atomic E-state index is 3.58. The van der Waals surface area contributed by atoms with Crippen molar-refractivity contribution in [1.29, 1.82) is 0 Å². The lowest BCUT2D eigenvalue weighted by Crippen LogP contribution is -2.25. The van der Waals surface area contributed by atoms with Crippen molar-refractivity contribution in [3.8, 4) is 0 Å². The Morgan fingerprint density at radius 2 is 1.58 bits per heavy atom. The maximum absolute atomic E-state index is 3.58. The molecular formula is C25H21Br. The molecule has 1 atom stereocenters. The Morgan fingerprint density at radius 3 is 2.27 bits per heavy atom. The number of hydrogen-bond donors (Lipinski definition) is 0. The second-order valence-corrected chi connectivity index (χ2v) is 7.89. The van der Waals surface area contributed by atoms with Gasteiger partial charge in [-0.15, -0.1) is 0 Å². The summed E-state index contributed by atoms with van der Waals surface area (Å²) in [6.07, 6.45) is 13.4. The van der Waals surface area contributed by atoms with Gasteiger partial charge in [0.25, 0.3) is 0 Å². The number of allylic oxidation sites excluding steroid dienone is 10. The molecule has 2 aliphatic carbocycles. The first kappa shape index (κ1) is 17.1. The highest BCUT2D eigenvalue weighted by Gasteiger charge is 2.43. The van der Waals surface area contributed by atoms with Crippen molar-refractivity contribution in [3.63, 3.8) is 0 Å². The number of halogens is 1. The van der Waals surface area contributed by atoms with Crippen LogP contribution in [0.3, 0.4) is 0 Å². The first-order valence-corrected chi connectivity index (χ1v) is 9.70. The van der Waals surface area contributed by atoms with Crippen LogP contribution in [0.4, 0.5) is 0 Å². The summed E-state index contributed by atoms with van der Waals surface area (Å²) in [4.78, 5) is 0. The number of hydrogen-bond acceptors (Lipinski definition) is 0. The van der Waals surface area contributed by atoms with Crippen LogP contribution in [0, 0.1) is 0 Å². The van der Waals surface area contributed by atoms with Gasteiger partial charge in [-0.1, -0.05) is 94.3 Å². The highest BCUT2D eigenvalue weighted by atomic mass is 79.9. The monoisotopic (exact) mass is 400 g/mol. The fraction of sp³-hybridized carbons (Fsp3) is 0.120. The molecule has 0 bridgehead atoms. The minimum atomic E-state index is -0.242. The lowest BCUT2D eigenvalue weighted by molar-refractivity contribution is 0.790. The Morgan fingerprint density at radius 1 is 0.846 bits per heavy atom. The maximum Gasteiger partial charge on any atom is 0.0640 e. The van der Waals surface area contributed by atoms with Gasteiger partial charge in [-0.25, -0.2) is 0 Å². The van der Waals surface area contributed by atoms with E-state index in [9.17, 15) is 0 Å². The lowest BCUT2D eigenvalue weighted by atomic mass is 9.69. The fourth-order valence-corrected chi connectivity index (χ4v) is 4.29. The number of fused-ring (bicyclic) bond motifs is 1. The largest absolute Gasteiger partial charge is 0.0716 e. The minimum Gasteiger partial charge on any atom is -0.0716 e. The summed E-state index contributed by atoms with van der Waals surface area (Å²) in [5.74, 6) is 0. The summed E-state index contributed by atoms with van der Waals surface area (Å²) in [6, 6.07) is 19.4. The average molecular weight is 401 g/mol. The Labute approximate surface area is 164 Å². The zero-order valence-electron chi connectivity index (χ0n) is 15.0. The third-order valence-electron chi connectivity index (χ3n) is 5.18. The van der Waals surface area contributed by atoms with Crippen LogP contribution in [0.5, 0.6) is 0 Å². The topological polar surface area (TPSA) is 0 Å². The normalized spacial score (nSPS) is 21.1. The summed E-state index contributed by atoms with van der Waals surface area (Å²) < 4.78 is 1.10. The smallest absolute Gasteiger partial charge is 0.0640 e. The molecule has 0 spiro atoms. The van der Waals surface area contributed by atoms with Gasteiger partial charge in [0, 0.05) is 4.47 Å². The molecule has 26 heavy (non-hydrogen) atoms. The third-order valence-corrected chi connectivity index (χ3v) is 5.71. The zero-order valence-corrected chi connectivity index (χ0v) is 16.6. The second kappa shape index (κ2) is 6.74. The molecule has 0 N–H and O–H groups in total. The van der Waals surface area contributed by atoms with Crippen molar-refractivity contribution in [2.75, 3.05) is 0 Å². The standard InChI is InChI=1S/C25H21Br/c1-18(2)24-17-22(19-9-5-3-6-10-19)23-11-7-4-8-16-25(23,24)20-12-14-21(26)15-13-20/h3-17H,1-2H3. The van der Waals surface area contributed by atoms with Crippen molar-refractivity contribution < 1.29 is 0 Å². The molecule has 0 aromatic heterocycles. The van der Waals surface area contributed by atoms with Crippen LogP contribution < -0.4 is 0 Å². The first-order valence-electron chi connectivity index (χ1n) is 8.91. The van der Waals surface area contributed by atoms with Crippen molar-refractivity contribution >= 4 is 21.5 Å². The zero-order chi connectivity index (χ0) is 18.1. The molecule has 0 saturated heterocycles. The summed E-state index contributed by atoms with van der Waals surface area (Å²) >= 11 is 3.58. The molecule has 2 aromatic carbocycles. The number of rotatable bonds is 2. The fourth-order valence-electron chi connectivity index (χ4n) is 4.03. The SMILES string of the molecule is CC(C)=C1C=C(c2ccccc2)C2=CC=CC=CC21c1ccc(Br)cc1. The molecule has 0 saturated carbocycles. The Hall–Kier alpha value is -2.38. The summed E-state index contributed by atoms with van der Waals surface area (Å²) in [5.41, 5.74) is 7.67. The third kappa shape index (κ3) is 2.68. The molecule has 4 rings (SSSR count). The van der Waals surface area contributed by atoms with Gasteiger partial charge in [-0.2, -0.15) is 0 Å². The van der Waals surface area contributed by atoms with Gasteiger partial charge in [-0.3, -0.25) is 0 Å². The molecule has 0 radical (unpaired) electrons. The van der Waals surface area contributed by atoms with Crippen LogP contribution in [0.15, 0.2) is 112 Å². The van der Waals surface area contributed by atoms with E-state index in [1.54, 1.807) is 0 Å². The molecule has 2 aromatic rings. The molecule has 0 heterocycles. The van der Waals surface area contributed by atoms with E-state index in [-0.39, 0.29) is 5.41 Å². The van der Waals surface area contributed by atoms with Crippen molar-refractivity contribution in [2.24, 2.45) is 0 Å². The van der Waals surface area contributed by atoms with E-state index < -0.39 is 0 Å². The van der Waals surface area contributed by atoms with E-state index in [1.807, 2.05) is 0 Å². The van der Waals surface area contributed by atoms with Gasteiger partial charge in [0.2, 0.25) is 0 Å². The summed E-state index contributed by atoms with van der Waals surface area (Å²) in [6.45, 7) is 4.42. The van der Waals surface area contributed by atoms with Crippen LogP contribution in [-0.2, 0) is 5.41 Å². The molecule has 0 fully saturated rings. The molecule has 1 unspecified atom stereocenters. The lowest BCUT2D eigenvalue weighted by Gasteiger charge is -2.32.